The fourth-order valence-electron chi connectivity index (χ4n) is 1.91. The predicted molar refractivity (Wildman–Crippen MR) is 56.3 cm³/mol. The molecule has 3 heteroatoms. The summed E-state index contributed by atoms with van der Waals surface area (Å²) in [5.41, 5.74) is 0. The minimum atomic E-state index is -0.647. The second-order valence-corrected chi connectivity index (χ2v) is 4.31. The van der Waals surface area contributed by atoms with Gasteiger partial charge in [0.2, 0.25) is 0 Å². The summed E-state index contributed by atoms with van der Waals surface area (Å²) in [5.74, 6) is -0.231. The molecule has 0 bridgehead atoms. The van der Waals surface area contributed by atoms with Crippen LogP contribution in [0.3, 0.4) is 0 Å². The average Bonchev–Trinajstić information content (AvgIpc) is 2.88. The van der Waals surface area contributed by atoms with Gasteiger partial charge in [-0.1, -0.05) is 19.8 Å². The first-order valence-electron chi connectivity index (χ1n) is 5.59. The van der Waals surface area contributed by atoms with Crippen LogP contribution in [0.25, 0.3) is 0 Å². The van der Waals surface area contributed by atoms with Gasteiger partial charge in [-0.05, 0) is 38.8 Å². The summed E-state index contributed by atoms with van der Waals surface area (Å²) >= 11 is 0. The lowest BCUT2D eigenvalue weighted by Gasteiger charge is -2.24. The molecule has 1 aliphatic rings. The van der Waals surface area contributed by atoms with E-state index in [0.29, 0.717) is 5.92 Å². The molecule has 0 spiro atoms. The number of unbranched alkanes of at least 4 members (excludes halogenated alkanes) is 2. The third-order valence-electron chi connectivity index (χ3n) is 2.91. The van der Waals surface area contributed by atoms with E-state index in [1.54, 1.807) is 0 Å². The predicted octanol–water partition coefficient (Wildman–Crippen LogP) is 1.97. The molecular formula is C11H21NO2. The van der Waals surface area contributed by atoms with E-state index in [1.807, 2.05) is 11.9 Å². The molecule has 1 unspecified atom stereocenters. The molecule has 1 N–H and O–H groups in total. The van der Waals surface area contributed by atoms with Gasteiger partial charge in [0, 0.05) is 0 Å². The Morgan fingerprint density at radius 2 is 2.14 bits per heavy atom. The van der Waals surface area contributed by atoms with E-state index in [2.05, 4.69) is 6.92 Å². The Hall–Kier alpha value is -0.570. The lowest BCUT2D eigenvalue weighted by Crippen LogP contribution is -2.40. The Kier molecular flexibility index (Phi) is 4.39. The highest BCUT2D eigenvalue weighted by molar-refractivity contribution is 5.74. The lowest BCUT2D eigenvalue weighted by atomic mass is 10.1. The van der Waals surface area contributed by atoms with Gasteiger partial charge in [-0.2, -0.15) is 0 Å². The number of likely N-dealkylation sites (N-methyl/N-ethyl adjacent to an activating group) is 1. The van der Waals surface area contributed by atoms with E-state index < -0.39 is 5.97 Å². The molecule has 0 aromatic heterocycles. The van der Waals surface area contributed by atoms with Gasteiger partial charge in [-0.15, -0.1) is 0 Å². The minimum Gasteiger partial charge on any atom is -0.480 e. The van der Waals surface area contributed by atoms with Crippen molar-refractivity contribution in [1.29, 1.82) is 0 Å². The number of rotatable bonds is 7. The number of hydrogen-bond donors (Lipinski definition) is 1. The van der Waals surface area contributed by atoms with Crippen LogP contribution in [0.4, 0.5) is 0 Å². The van der Waals surface area contributed by atoms with Crippen LogP contribution in [0.5, 0.6) is 0 Å². The largest absolute Gasteiger partial charge is 0.480 e. The number of nitrogens with zero attached hydrogens (tertiary/aromatic N) is 1. The van der Waals surface area contributed by atoms with E-state index in [-0.39, 0.29) is 6.04 Å². The molecular weight excluding hydrogens is 178 g/mol. The average molecular weight is 199 g/mol. The zero-order valence-corrected chi connectivity index (χ0v) is 9.20. The molecule has 0 amide bonds. The molecule has 0 heterocycles. The number of carboxylic acid groups (broad SMARTS) is 1. The van der Waals surface area contributed by atoms with Crippen molar-refractivity contribution in [2.75, 3.05) is 13.6 Å². The van der Waals surface area contributed by atoms with Crippen LogP contribution in [0.15, 0.2) is 0 Å². The Balaban J connectivity index is 2.31. The number of aliphatic carboxylic acids is 1. The standard InChI is InChI=1S/C11H21NO2/c1-3-4-5-8-12(2)10(11(13)14)9-6-7-9/h9-10H,3-8H2,1-2H3,(H,13,14). The molecule has 0 aromatic carbocycles. The molecule has 0 aromatic rings. The normalized spacial score (nSPS) is 18.5. The van der Waals surface area contributed by atoms with Crippen molar-refractivity contribution >= 4 is 5.97 Å². The van der Waals surface area contributed by atoms with Gasteiger partial charge in [0.15, 0.2) is 0 Å². The van der Waals surface area contributed by atoms with Crippen molar-refractivity contribution in [3.63, 3.8) is 0 Å². The van der Waals surface area contributed by atoms with Gasteiger partial charge in [0.1, 0.15) is 6.04 Å². The van der Waals surface area contributed by atoms with Crippen LogP contribution in [0.2, 0.25) is 0 Å². The molecule has 1 rings (SSSR count). The first-order valence-corrected chi connectivity index (χ1v) is 5.59. The maximum absolute atomic E-state index is 11.0. The first-order chi connectivity index (χ1) is 6.66. The van der Waals surface area contributed by atoms with Crippen molar-refractivity contribution in [2.24, 2.45) is 5.92 Å². The van der Waals surface area contributed by atoms with Crippen LogP contribution in [-0.4, -0.2) is 35.6 Å². The zero-order chi connectivity index (χ0) is 10.6. The van der Waals surface area contributed by atoms with Crippen LogP contribution in [0, 0.1) is 5.92 Å². The molecule has 82 valence electrons. The van der Waals surface area contributed by atoms with Gasteiger partial charge < -0.3 is 5.11 Å². The third-order valence-corrected chi connectivity index (χ3v) is 2.91. The number of carboxylic acids is 1. The molecule has 1 fully saturated rings. The third kappa shape index (κ3) is 3.29. The molecule has 3 nitrogen and oxygen atoms in total. The molecule has 0 radical (unpaired) electrons. The summed E-state index contributed by atoms with van der Waals surface area (Å²) in [7, 11) is 1.94. The maximum atomic E-state index is 11.0. The lowest BCUT2D eigenvalue weighted by molar-refractivity contribution is -0.143. The second-order valence-electron chi connectivity index (χ2n) is 4.31. The monoisotopic (exact) mass is 199 g/mol. The van der Waals surface area contributed by atoms with Gasteiger partial charge in [0.25, 0.3) is 0 Å². The van der Waals surface area contributed by atoms with Gasteiger partial charge in [-0.3, -0.25) is 9.69 Å². The quantitative estimate of drug-likeness (QED) is 0.637. The van der Waals surface area contributed by atoms with Gasteiger partial charge in [0.05, 0.1) is 0 Å². The van der Waals surface area contributed by atoms with Crippen LogP contribution >= 0.6 is 0 Å². The van der Waals surface area contributed by atoms with Crippen molar-refractivity contribution in [2.45, 2.75) is 45.1 Å². The highest BCUT2D eigenvalue weighted by Crippen LogP contribution is 2.35. The maximum Gasteiger partial charge on any atom is 0.321 e. The van der Waals surface area contributed by atoms with Gasteiger partial charge >= 0.3 is 5.97 Å². The smallest absolute Gasteiger partial charge is 0.321 e. The summed E-state index contributed by atoms with van der Waals surface area (Å²) in [5, 5.41) is 9.07. The van der Waals surface area contributed by atoms with Crippen molar-refractivity contribution in [3.05, 3.63) is 0 Å². The fourth-order valence-corrected chi connectivity index (χ4v) is 1.91. The molecule has 1 saturated carbocycles. The van der Waals surface area contributed by atoms with Crippen molar-refractivity contribution in [1.82, 2.24) is 4.90 Å². The van der Waals surface area contributed by atoms with E-state index >= 15 is 0 Å². The zero-order valence-electron chi connectivity index (χ0n) is 9.20. The first kappa shape index (κ1) is 11.5. The summed E-state index contributed by atoms with van der Waals surface area (Å²) in [6.07, 6.45) is 5.68. The Morgan fingerprint density at radius 3 is 2.57 bits per heavy atom. The second kappa shape index (κ2) is 5.35. The minimum absolute atomic E-state index is 0.230. The Morgan fingerprint density at radius 1 is 1.50 bits per heavy atom. The van der Waals surface area contributed by atoms with E-state index in [0.717, 1.165) is 25.8 Å². The fraction of sp³-hybridized carbons (Fsp3) is 0.909. The highest BCUT2D eigenvalue weighted by atomic mass is 16.4. The summed E-state index contributed by atoms with van der Waals surface area (Å²) < 4.78 is 0. The van der Waals surface area contributed by atoms with E-state index in [4.69, 9.17) is 5.11 Å². The Bertz CT molecular complexity index is 190. The summed E-state index contributed by atoms with van der Waals surface area (Å²) in [6.45, 7) is 3.08. The topological polar surface area (TPSA) is 40.5 Å². The van der Waals surface area contributed by atoms with E-state index in [9.17, 15) is 4.79 Å². The molecule has 0 saturated heterocycles. The van der Waals surface area contributed by atoms with Crippen LogP contribution in [-0.2, 0) is 4.79 Å². The number of hydrogen-bond acceptors (Lipinski definition) is 2. The summed E-state index contributed by atoms with van der Waals surface area (Å²) in [4.78, 5) is 13.0. The van der Waals surface area contributed by atoms with E-state index in [1.165, 1.54) is 12.8 Å². The highest BCUT2D eigenvalue weighted by Gasteiger charge is 2.38. The van der Waals surface area contributed by atoms with Crippen molar-refractivity contribution < 1.29 is 9.90 Å². The van der Waals surface area contributed by atoms with Crippen molar-refractivity contribution in [3.8, 4) is 0 Å². The molecule has 1 atom stereocenters. The summed E-state index contributed by atoms with van der Waals surface area (Å²) in [6, 6.07) is -0.230. The number of carbonyl (C=O) groups is 1. The molecule has 1 aliphatic carbocycles. The van der Waals surface area contributed by atoms with Crippen LogP contribution in [0.1, 0.15) is 39.0 Å². The molecule has 0 aliphatic heterocycles. The Labute approximate surface area is 86.1 Å². The van der Waals surface area contributed by atoms with Crippen LogP contribution < -0.4 is 0 Å². The SMILES string of the molecule is CCCCCN(C)C(C(=O)O)C1CC1. The van der Waals surface area contributed by atoms with Gasteiger partial charge in [-0.25, -0.2) is 0 Å². The molecule has 14 heavy (non-hydrogen) atoms.